The number of hydrogen-bond donors (Lipinski definition) is 1. The summed E-state index contributed by atoms with van der Waals surface area (Å²) in [5.41, 5.74) is 2.13. The summed E-state index contributed by atoms with van der Waals surface area (Å²) in [6.45, 7) is 3.79. The number of imide groups is 1. The Hall–Kier alpha value is -3.22. The molecular weight excluding hydrogens is 508 g/mol. The molecule has 1 fully saturated rings. The summed E-state index contributed by atoms with van der Waals surface area (Å²) in [4.78, 5) is 38.8. The minimum absolute atomic E-state index is 0.0709. The average molecular weight is 529 g/mol. The van der Waals surface area contributed by atoms with E-state index in [0.717, 1.165) is 22.2 Å². The molecule has 0 aliphatic carbocycles. The number of nitrogens with one attached hydrogen (secondary N) is 1. The standard InChI is InChI=1S/C24H21BrN2O5S/c1-4-10-32-22-17(25)11-16(12-19(22)31-5-2)13-20-23(29)27(24(30)33-20)14-21(28)26-18-9-7-6-8-15(18)3/h1,6-9,11-13H,5,10,14H2,2-3H3,(H,26,28)/b20-13-. The van der Waals surface area contributed by atoms with Crippen LogP contribution in [0, 0.1) is 19.3 Å². The van der Waals surface area contributed by atoms with E-state index < -0.39 is 17.1 Å². The minimum atomic E-state index is -0.535. The highest BCUT2D eigenvalue weighted by atomic mass is 79.9. The van der Waals surface area contributed by atoms with Gasteiger partial charge in [0.15, 0.2) is 11.5 Å². The predicted octanol–water partition coefficient (Wildman–Crippen LogP) is 4.84. The van der Waals surface area contributed by atoms with Crippen LogP contribution in [0.2, 0.25) is 0 Å². The van der Waals surface area contributed by atoms with Gasteiger partial charge in [-0.25, -0.2) is 0 Å². The van der Waals surface area contributed by atoms with Crippen LogP contribution in [0.1, 0.15) is 18.1 Å². The molecule has 170 valence electrons. The van der Waals surface area contributed by atoms with Gasteiger partial charge in [-0.15, -0.1) is 6.42 Å². The summed E-state index contributed by atoms with van der Waals surface area (Å²) < 4.78 is 11.8. The summed E-state index contributed by atoms with van der Waals surface area (Å²) in [5, 5.41) is 2.22. The first kappa shape index (κ1) is 24.4. The van der Waals surface area contributed by atoms with Crippen LogP contribution in [0.4, 0.5) is 10.5 Å². The van der Waals surface area contributed by atoms with Crippen LogP contribution in [0.3, 0.4) is 0 Å². The molecule has 1 N–H and O–H groups in total. The second-order valence-corrected chi connectivity index (χ2v) is 8.73. The first-order valence-corrected chi connectivity index (χ1v) is 11.6. The number of rotatable bonds is 8. The van der Waals surface area contributed by atoms with Gasteiger partial charge in [0.05, 0.1) is 16.0 Å². The molecule has 0 atom stereocenters. The Morgan fingerprint density at radius 3 is 2.73 bits per heavy atom. The zero-order valence-electron chi connectivity index (χ0n) is 18.0. The number of hydrogen-bond acceptors (Lipinski definition) is 6. The van der Waals surface area contributed by atoms with Crippen molar-refractivity contribution in [1.82, 2.24) is 4.90 Å². The van der Waals surface area contributed by atoms with Crippen molar-refractivity contribution in [2.45, 2.75) is 13.8 Å². The van der Waals surface area contributed by atoms with Gasteiger partial charge in [0.25, 0.3) is 11.1 Å². The maximum absolute atomic E-state index is 12.8. The Kier molecular flexibility index (Phi) is 8.20. The van der Waals surface area contributed by atoms with Gasteiger partial charge >= 0.3 is 0 Å². The summed E-state index contributed by atoms with van der Waals surface area (Å²) >= 11 is 4.21. The van der Waals surface area contributed by atoms with Crippen LogP contribution in [-0.4, -0.2) is 41.7 Å². The number of anilines is 1. The second-order valence-electron chi connectivity index (χ2n) is 6.89. The zero-order valence-corrected chi connectivity index (χ0v) is 20.4. The van der Waals surface area contributed by atoms with Gasteiger partial charge in [-0.3, -0.25) is 19.3 Å². The average Bonchev–Trinajstić information content (AvgIpc) is 3.02. The van der Waals surface area contributed by atoms with E-state index in [0.29, 0.717) is 33.8 Å². The largest absolute Gasteiger partial charge is 0.490 e. The molecule has 2 aromatic rings. The fourth-order valence-electron chi connectivity index (χ4n) is 3.02. The van der Waals surface area contributed by atoms with Crippen LogP contribution in [0.5, 0.6) is 11.5 Å². The number of benzene rings is 2. The number of halogens is 1. The highest BCUT2D eigenvalue weighted by Gasteiger charge is 2.36. The number of ether oxygens (including phenoxy) is 2. The predicted molar refractivity (Wildman–Crippen MR) is 132 cm³/mol. The van der Waals surface area contributed by atoms with Gasteiger partial charge in [-0.05, 0) is 76.9 Å². The first-order valence-electron chi connectivity index (χ1n) is 9.97. The van der Waals surface area contributed by atoms with Crippen molar-refractivity contribution >= 4 is 56.5 Å². The van der Waals surface area contributed by atoms with Crippen molar-refractivity contribution in [1.29, 1.82) is 0 Å². The molecule has 9 heteroatoms. The molecule has 33 heavy (non-hydrogen) atoms. The lowest BCUT2D eigenvalue weighted by molar-refractivity contribution is -0.127. The summed E-state index contributed by atoms with van der Waals surface area (Å²) in [7, 11) is 0. The maximum Gasteiger partial charge on any atom is 0.294 e. The highest BCUT2D eigenvalue weighted by molar-refractivity contribution is 9.10. The van der Waals surface area contributed by atoms with Gasteiger partial charge < -0.3 is 14.8 Å². The monoisotopic (exact) mass is 528 g/mol. The van der Waals surface area contributed by atoms with E-state index in [2.05, 4.69) is 27.2 Å². The third-order valence-corrected chi connectivity index (χ3v) is 6.02. The SMILES string of the molecule is C#CCOc1c(Br)cc(/C=C2\SC(=O)N(CC(=O)Nc3ccccc3C)C2=O)cc1OCC. The van der Waals surface area contributed by atoms with Crippen molar-refractivity contribution in [3.05, 3.63) is 56.9 Å². The molecule has 7 nitrogen and oxygen atoms in total. The highest BCUT2D eigenvalue weighted by Crippen LogP contribution is 2.39. The first-order chi connectivity index (χ1) is 15.8. The molecule has 0 saturated carbocycles. The van der Waals surface area contributed by atoms with Crippen LogP contribution >= 0.6 is 27.7 Å². The molecule has 0 aromatic heterocycles. The topological polar surface area (TPSA) is 84.9 Å². The summed E-state index contributed by atoms with van der Waals surface area (Å²) in [6, 6.07) is 10.7. The molecule has 1 aliphatic heterocycles. The Balaban J connectivity index is 1.78. The van der Waals surface area contributed by atoms with Crippen molar-refractivity contribution in [3.8, 4) is 23.8 Å². The molecule has 0 radical (unpaired) electrons. The van der Waals surface area contributed by atoms with E-state index in [-0.39, 0.29) is 18.1 Å². The van der Waals surface area contributed by atoms with Gasteiger partial charge in [-0.2, -0.15) is 0 Å². The number of aryl methyl sites for hydroxylation is 1. The molecular formula is C24H21BrN2O5S. The Bertz CT molecular complexity index is 1170. The third kappa shape index (κ3) is 5.97. The number of carbonyl (C=O) groups excluding carboxylic acids is 3. The zero-order chi connectivity index (χ0) is 24.0. The Labute approximate surface area is 204 Å². The molecule has 2 aromatic carbocycles. The fraction of sp³-hybridized carbons (Fsp3) is 0.208. The molecule has 0 bridgehead atoms. The van der Waals surface area contributed by atoms with Gasteiger partial charge in [0, 0.05) is 5.69 Å². The van der Waals surface area contributed by atoms with E-state index in [9.17, 15) is 14.4 Å². The second kappa shape index (κ2) is 11.1. The van der Waals surface area contributed by atoms with Crippen LogP contribution in [0.15, 0.2) is 45.8 Å². The number of terminal acetylenes is 1. The molecule has 1 heterocycles. The number of thioether (sulfide) groups is 1. The Morgan fingerprint density at radius 1 is 1.27 bits per heavy atom. The van der Waals surface area contributed by atoms with Gasteiger partial charge in [0.2, 0.25) is 5.91 Å². The molecule has 1 aliphatic rings. The van der Waals surface area contributed by atoms with Crippen LogP contribution in [-0.2, 0) is 9.59 Å². The lowest BCUT2D eigenvalue weighted by Gasteiger charge is -2.14. The van der Waals surface area contributed by atoms with Crippen LogP contribution in [0.25, 0.3) is 6.08 Å². The normalized spacial score (nSPS) is 14.4. The smallest absolute Gasteiger partial charge is 0.294 e. The summed E-state index contributed by atoms with van der Waals surface area (Å²) in [5.74, 6) is 2.31. The number of carbonyl (C=O) groups is 3. The molecule has 0 spiro atoms. The maximum atomic E-state index is 12.8. The van der Waals surface area contributed by atoms with E-state index in [1.54, 1.807) is 30.3 Å². The van der Waals surface area contributed by atoms with E-state index in [1.807, 2.05) is 26.0 Å². The lowest BCUT2D eigenvalue weighted by Crippen LogP contribution is -2.36. The van der Waals surface area contributed by atoms with Crippen molar-refractivity contribution in [3.63, 3.8) is 0 Å². The van der Waals surface area contributed by atoms with E-state index in [4.69, 9.17) is 15.9 Å². The molecule has 3 rings (SSSR count). The molecule has 3 amide bonds. The Morgan fingerprint density at radius 2 is 2.03 bits per heavy atom. The molecule has 1 saturated heterocycles. The number of para-hydroxylation sites is 1. The number of nitrogens with zero attached hydrogens (tertiary/aromatic N) is 1. The van der Waals surface area contributed by atoms with Crippen LogP contribution < -0.4 is 14.8 Å². The summed E-state index contributed by atoms with van der Waals surface area (Å²) in [6.07, 6.45) is 6.84. The quantitative estimate of drug-likeness (QED) is 0.389. The van der Waals surface area contributed by atoms with Crippen molar-refractivity contribution < 1.29 is 23.9 Å². The van der Waals surface area contributed by atoms with Crippen molar-refractivity contribution in [2.24, 2.45) is 0 Å². The lowest BCUT2D eigenvalue weighted by atomic mass is 10.2. The van der Waals surface area contributed by atoms with Crippen molar-refractivity contribution in [2.75, 3.05) is 25.1 Å². The van der Waals surface area contributed by atoms with Gasteiger partial charge in [-0.1, -0.05) is 24.1 Å². The number of amides is 3. The molecule has 0 unspecified atom stereocenters. The third-order valence-electron chi connectivity index (χ3n) is 4.52. The van der Waals surface area contributed by atoms with E-state index in [1.165, 1.54) is 0 Å². The van der Waals surface area contributed by atoms with E-state index >= 15 is 0 Å². The minimum Gasteiger partial charge on any atom is -0.490 e. The van der Waals surface area contributed by atoms with Gasteiger partial charge in [0.1, 0.15) is 13.2 Å². The fourth-order valence-corrected chi connectivity index (χ4v) is 4.43.